The third-order valence-electron chi connectivity index (χ3n) is 2.50. The fraction of sp³-hybridized carbons (Fsp3) is 0.0833. The fourth-order valence-corrected chi connectivity index (χ4v) is 1.63. The number of fused-ring (bicyclic) bond motifs is 1. The molecule has 6 heteroatoms. The normalized spacial score (nSPS) is 10.7. The highest BCUT2D eigenvalue weighted by Gasteiger charge is 2.06. The first-order valence-corrected chi connectivity index (χ1v) is 5.45. The van der Waals surface area contributed by atoms with Gasteiger partial charge >= 0.3 is 0 Å². The van der Waals surface area contributed by atoms with E-state index in [0.717, 1.165) is 5.65 Å². The highest BCUT2D eigenvalue weighted by atomic mass is 16.5. The van der Waals surface area contributed by atoms with Crippen LogP contribution in [-0.4, -0.2) is 19.6 Å². The molecule has 3 heterocycles. The molecule has 3 aromatic heterocycles. The summed E-state index contributed by atoms with van der Waals surface area (Å²) in [4.78, 5) is 3.97. The smallest absolute Gasteiger partial charge is 0.175 e. The molecule has 3 aromatic rings. The molecule has 0 aliphatic heterocycles. The van der Waals surface area contributed by atoms with Gasteiger partial charge in [-0.15, -0.1) is 10.2 Å². The Hall–Kier alpha value is -2.63. The zero-order chi connectivity index (χ0) is 12.4. The predicted molar refractivity (Wildman–Crippen MR) is 66.0 cm³/mol. The maximum Gasteiger partial charge on any atom is 0.175 e. The summed E-state index contributed by atoms with van der Waals surface area (Å²) in [6, 6.07) is 7.26. The van der Waals surface area contributed by atoms with Crippen LogP contribution >= 0.6 is 0 Å². The molecule has 0 aromatic carbocycles. The molecule has 0 unspecified atom stereocenters. The second kappa shape index (κ2) is 4.33. The number of nitrogens with two attached hydrogens (primary N) is 1. The molecule has 2 N–H and O–H groups in total. The van der Waals surface area contributed by atoms with Gasteiger partial charge in [0.15, 0.2) is 11.5 Å². The Morgan fingerprint density at radius 2 is 2.17 bits per heavy atom. The van der Waals surface area contributed by atoms with Gasteiger partial charge in [0.05, 0.1) is 6.20 Å². The van der Waals surface area contributed by atoms with Gasteiger partial charge in [0.2, 0.25) is 0 Å². The Labute approximate surface area is 103 Å². The standard InChI is InChI=1S/C12H11N5O/c13-9-3-4-11-15-16-12(17(11)7-9)8-18-10-2-1-5-14-6-10/h1-7H,8,13H2. The van der Waals surface area contributed by atoms with Crippen LogP contribution in [0, 0.1) is 0 Å². The van der Waals surface area contributed by atoms with Crippen molar-refractivity contribution in [3.63, 3.8) is 0 Å². The number of hydrogen-bond acceptors (Lipinski definition) is 5. The lowest BCUT2D eigenvalue weighted by atomic mass is 10.4. The Morgan fingerprint density at radius 1 is 1.22 bits per heavy atom. The molecule has 0 bridgehead atoms. The van der Waals surface area contributed by atoms with Crippen molar-refractivity contribution >= 4 is 11.3 Å². The van der Waals surface area contributed by atoms with E-state index >= 15 is 0 Å². The Morgan fingerprint density at radius 3 is 3.00 bits per heavy atom. The zero-order valence-electron chi connectivity index (χ0n) is 9.52. The minimum atomic E-state index is 0.316. The predicted octanol–water partition coefficient (Wildman–Crippen LogP) is 1.29. The molecule has 0 atom stereocenters. The van der Waals surface area contributed by atoms with Crippen molar-refractivity contribution in [2.45, 2.75) is 6.61 Å². The fourth-order valence-electron chi connectivity index (χ4n) is 1.63. The van der Waals surface area contributed by atoms with Gasteiger partial charge in [-0.3, -0.25) is 9.38 Å². The average Bonchev–Trinajstić information content (AvgIpc) is 2.80. The number of hydrogen-bond donors (Lipinski definition) is 1. The third-order valence-corrected chi connectivity index (χ3v) is 2.50. The molecule has 3 rings (SSSR count). The molecule has 6 nitrogen and oxygen atoms in total. The minimum Gasteiger partial charge on any atom is -0.484 e. The number of nitrogens with zero attached hydrogens (tertiary/aromatic N) is 4. The zero-order valence-corrected chi connectivity index (χ0v) is 9.52. The van der Waals surface area contributed by atoms with E-state index < -0.39 is 0 Å². The van der Waals surface area contributed by atoms with Crippen molar-refractivity contribution < 1.29 is 4.74 Å². The van der Waals surface area contributed by atoms with Gasteiger partial charge in [0.1, 0.15) is 12.4 Å². The lowest BCUT2D eigenvalue weighted by Crippen LogP contribution is -2.02. The first kappa shape index (κ1) is 10.5. The van der Waals surface area contributed by atoms with Gasteiger partial charge in [0.25, 0.3) is 0 Å². The van der Waals surface area contributed by atoms with E-state index in [-0.39, 0.29) is 0 Å². The Balaban J connectivity index is 1.85. The second-order valence-corrected chi connectivity index (χ2v) is 3.78. The number of aromatic nitrogens is 4. The van der Waals surface area contributed by atoms with E-state index in [2.05, 4.69) is 15.2 Å². The van der Waals surface area contributed by atoms with Crippen LogP contribution in [0.3, 0.4) is 0 Å². The maximum absolute atomic E-state index is 5.73. The molecular formula is C12H11N5O. The van der Waals surface area contributed by atoms with Crippen LogP contribution in [-0.2, 0) is 6.61 Å². The van der Waals surface area contributed by atoms with E-state index in [1.54, 1.807) is 24.7 Å². The molecule has 0 aliphatic carbocycles. The molecule has 0 aliphatic rings. The lowest BCUT2D eigenvalue weighted by Gasteiger charge is -2.04. The second-order valence-electron chi connectivity index (χ2n) is 3.78. The van der Waals surface area contributed by atoms with Gasteiger partial charge in [-0.1, -0.05) is 0 Å². The minimum absolute atomic E-state index is 0.316. The van der Waals surface area contributed by atoms with Gasteiger partial charge in [-0.2, -0.15) is 0 Å². The first-order chi connectivity index (χ1) is 8.83. The quantitative estimate of drug-likeness (QED) is 0.747. The average molecular weight is 241 g/mol. The number of ether oxygens (including phenoxy) is 1. The molecule has 0 amide bonds. The van der Waals surface area contributed by atoms with Crippen molar-refractivity contribution in [2.75, 3.05) is 5.73 Å². The van der Waals surface area contributed by atoms with Gasteiger partial charge in [-0.25, -0.2) is 0 Å². The molecule has 90 valence electrons. The summed E-state index contributed by atoms with van der Waals surface area (Å²) >= 11 is 0. The van der Waals surface area contributed by atoms with Gasteiger partial charge < -0.3 is 10.5 Å². The van der Waals surface area contributed by atoms with Crippen LogP contribution < -0.4 is 10.5 Å². The summed E-state index contributed by atoms with van der Waals surface area (Å²) in [6.07, 6.45) is 5.12. The van der Waals surface area contributed by atoms with Crippen molar-refractivity contribution in [2.24, 2.45) is 0 Å². The van der Waals surface area contributed by atoms with Crippen molar-refractivity contribution in [3.05, 3.63) is 48.7 Å². The number of anilines is 1. The van der Waals surface area contributed by atoms with Crippen LogP contribution in [0.4, 0.5) is 5.69 Å². The van der Waals surface area contributed by atoms with E-state index in [1.165, 1.54) is 0 Å². The summed E-state index contributed by atoms with van der Waals surface area (Å²) in [7, 11) is 0. The Kier molecular flexibility index (Phi) is 2.53. The lowest BCUT2D eigenvalue weighted by molar-refractivity contribution is 0.293. The topological polar surface area (TPSA) is 78.3 Å². The van der Waals surface area contributed by atoms with E-state index in [1.807, 2.05) is 22.6 Å². The Bertz CT molecular complexity index is 665. The highest BCUT2D eigenvalue weighted by Crippen LogP contribution is 2.12. The highest BCUT2D eigenvalue weighted by molar-refractivity contribution is 5.47. The van der Waals surface area contributed by atoms with Crippen LogP contribution in [0.2, 0.25) is 0 Å². The van der Waals surface area contributed by atoms with Crippen molar-refractivity contribution in [1.29, 1.82) is 0 Å². The maximum atomic E-state index is 5.73. The van der Waals surface area contributed by atoms with Crippen molar-refractivity contribution in [1.82, 2.24) is 19.6 Å². The van der Waals surface area contributed by atoms with Gasteiger partial charge in [0, 0.05) is 18.1 Å². The molecule has 0 radical (unpaired) electrons. The molecular weight excluding hydrogens is 230 g/mol. The van der Waals surface area contributed by atoms with Crippen LogP contribution in [0.15, 0.2) is 42.9 Å². The molecule has 0 saturated carbocycles. The molecule has 0 spiro atoms. The first-order valence-electron chi connectivity index (χ1n) is 5.45. The van der Waals surface area contributed by atoms with Crippen molar-refractivity contribution in [3.8, 4) is 5.75 Å². The summed E-state index contributed by atoms with van der Waals surface area (Å²) in [5, 5.41) is 8.10. The van der Waals surface area contributed by atoms with Crippen LogP contribution in [0.25, 0.3) is 5.65 Å². The number of nitrogen functional groups attached to an aromatic ring is 1. The third kappa shape index (κ3) is 1.95. The molecule has 18 heavy (non-hydrogen) atoms. The van der Waals surface area contributed by atoms with Crippen LogP contribution in [0.5, 0.6) is 5.75 Å². The monoisotopic (exact) mass is 241 g/mol. The van der Waals surface area contributed by atoms with E-state index in [0.29, 0.717) is 23.9 Å². The summed E-state index contributed by atoms with van der Waals surface area (Å²) in [5.41, 5.74) is 7.13. The van der Waals surface area contributed by atoms with E-state index in [9.17, 15) is 0 Å². The summed E-state index contributed by atoms with van der Waals surface area (Å²) in [6.45, 7) is 0.316. The number of rotatable bonds is 3. The molecule has 0 fully saturated rings. The number of pyridine rings is 2. The largest absolute Gasteiger partial charge is 0.484 e. The van der Waals surface area contributed by atoms with Gasteiger partial charge in [-0.05, 0) is 24.3 Å². The van der Waals surface area contributed by atoms with Crippen LogP contribution in [0.1, 0.15) is 5.82 Å². The summed E-state index contributed by atoms with van der Waals surface area (Å²) in [5.74, 6) is 1.39. The SMILES string of the molecule is Nc1ccc2nnc(COc3cccnc3)n2c1. The molecule has 0 saturated heterocycles. The summed E-state index contributed by atoms with van der Waals surface area (Å²) < 4.78 is 7.38. The van der Waals surface area contributed by atoms with E-state index in [4.69, 9.17) is 10.5 Å².